The lowest BCUT2D eigenvalue weighted by Crippen LogP contribution is -2.35. The highest BCUT2D eigenvalue weighted by Crippen LogP contribution is 2.58. The zero-order valence-corrected chi connectivity index (χ0v) is 9.73. The topological polar surface area (TPSA) is 26.3 Å². The summed E-state index contributed by atoms with van der Waals surface area (Å²) in [6, 6.07) is 0. The van der Waals surface area contributed by atoms with E-state index in [0.717, 1.165) is 24.2 Å². The average Bonchev–Trinajstić information content (AvgIpc) is 2.87. The summed E-state index contributed by atoms with van der Waals surface area (Å²) in [7, 11) is 0. The van der Waals surface area contributed by atoms with Crippen molar-refractivity contribution in [3.8, 4) is 0 Å². The minimum atomic E-state index is -0.232. The van der Waals surface area contributed by atoms with Gasteiger partial charge in [-0.3, -0.25) is 0 Å². The summed E-state index contributed by atoms with van der Waals surface area (Å²) in [4.78, 5) is 11.3. The Morgan fingerprint density at radius 3 is 2.62 bits per heavy atom. The van der Waals surface area contributed by atoms with Gasteiger partial charge in [-0.1, -0.05) is 19.4 Å². The maximum Gasteiger partial charge on any atom is 0.330 e. The van der Waals surface area contributed by atoms with E-state index in [1.165, 1.54) is 38.2 Å². The Kier molecular flexibility index (Phi) is 2.53. The average molecular weight is 220 g/mol. The summed E-state index contributed by atoms with van der Waals surface area (Å²) in [5, 5.41) is 0. The molecule has 2 bridgehead atoms. The van der Waals surface area contributed by atoms with Gasteiger partial charge in [-0.2, -0.15) is 0 Å². The van der Waals surface area contributed by atoms with Crippen LogP contribution < -0.4 is 0 Å². The minimum Gasteiger partial charge on any atom is -0.459 e. The van der Waals surface area contributed by atoms with E-state index in [1.807, 2.05) is 0 Å². The predicted molar refractivity (Wildman–Crippen MR) is 61.7 cm³/mol. The van der Waals surface area contributed by atoms with Crippen LogP contribution in [0.25, 0.3) is 0 Å². The second kappa shape index (κ2) is 3.90. The van der Waals surface area contributed by atoms with Gasteiger partial charge in [0.05, 0.1) is 0 Å². The highest BCUT2D eigenvalue weighted by atomic mass is 16.5. The molecule has 0 aromatic heterocycles. The second-order valence-corrected chi connectivity index (χ2v) is 5.69. The third-order valence-electron chi connectivity index (χ3n) is 5.05. The number of hydrogen-bond acceptors (Lipinski definition) is 2. The molecule has 0 heterocycles. The van der Waals surface area contributed by atoms with E-state index in [0.29, 0.717) is 5.92 Å². The molecular weight excluding hydrogens is 200 g/mol. The largest absolute Gasteiger partial charge is 0.459 e. The van der Waals surface area contributed by atoms with Gasteiger partial charge in [0.2, 0.25) is 0 Å². The van der Waals surface area contributed by atoms with Crippen molar-refractivity contribution < 1.29 is 9.53 Å². The fourth-order valence-corrected chi connectivity index (χ4v) is 4.51. The molecule has 3 aliphatic rings. The molecule has 2 heteroatoms. The molecule has 3 saturated carbocycles. The molecule has 0 radical (unpaired) electrons. The molecule has 5 unspecified atom stereocenters. The van der Waals surface area contributed by atoms with Gasteiger partial charge in [-0.15, -0.1) is 0 Å². The quantitative estimate of drug-likeness (QED) is 0.528. The van der Waals surface area contributed by atoms with Crippen molar-refractivity contribution in [2.24, 2.45) is 23.7 Å². The van der Waals surface area contributed by atoms with Crippen LogP contribution in [0, 0.1) is 23.7 Å². The van der Waals surface area contributed by atoms with Gasteiger partial charge in [-0.25, -0.2) is 4.79 Å². The third kappa shape index (κ3) is 1.50. The van der Waals surface area contributed by atoms with E-state index < -0.39 is 0 Å². The lowest BCUT2D eigenvalue weighted by Gasteiger charge is -2.38. The highest BCUT2D eigenvalue weighted by molar-refractivity contribution is 5.81. The van der Waals surface area contributed by atoms with Crippen molar-refractivity contribution in [2.45, 2.75) is 44.6 Å². The molecule has 0 N–H and O–H groups in total. The van der Waals surface area contributed by atoms with E-state index in [9.17, 15) is 4.79 Å². The molecule has 16 heavy (non-hydrogen) atoms. The van der Waals surface area contributed by atoms with E-state index in [-0.39, 0.29) is 12.1 Å². The van der Waals surface area contributed by atoms with Gasteiger partial charge in [0, 0.05) is 6.08 Å². The number of carbonyl (C=O) groups is 1. The summed E-state index contributed by atoms with van der Waals surface area (Å²) in [5.74, 6) is 3.09. The Bertz CT molecular complexity index is 310. The second-order valence-electron chi connectivity index (χ2n) is 5.69. The Balaban J connectivity index is 1.69. The number of ether oxygens (including phenoxy) is 1. The molecule has 3 aliphatic carbocycles. The standard InChI is InChI=1S/C14H20O2/c1-2-14(15)16-13-8-9-7-12(13)11-6-4-3-5-10(9)11/h2,9-13H,1,3-8H2. The number of fused-ring (bicyclic) bond motifs is 5. The molecule has 0 saturated heterocycles. The summed E-state index contributed by atoms with van der Waals surface area (Å²) in [6.07, 6.45) is 9.52. The molecule has 0 spiro atoms. The molecule has 0 aromatic rings. The highest BCUT2D eigenvalue weighted by Gasteiger charge is 2.53. The van der Waals surface area contributed by atoms with Crippen LogP contribution in [0.2, 0.25) is 0 Å². The number of rotatable bonds is 2. The van der Waals surface area contributed by atoms with Crippen LogP contribution in [0.5, 0.6) is 0 Å². The van der Waals surface area contributed by atoms with Gasteiger partial charge in [0.25, 0.3) is 0 Å². The van der Waals surface area contributed by atoms with Crippen LogP contribution in [0.4, 0.5) is 0 Å². The lowest BCUT2D eigenvalue weighted by molar-refractivity contribution is -0.147. The monoisotopic (exact) mass is 220 g/mol. The third-order valence-corrected chi connectivity index (χ3v) is 5.05. The number of carbonyl (C=O) groups excluding carboxylic acids is 1. The summed E-state index contributed by atoms with van der Waals surface area (Å²) < 4.78 is 5.49. The van der Waals surface area contributed by atoms with Crippen molar-refractivity contribution in [3.63, 3.8) is 0 Å². The maximum atomic E-state index is 11.3. The van der Waals surface area contributed by atoms with E-state index in [1.54, 1.807) is 0 Å². The molecule has 0 amide bonds. The van der Waals surface area contributed by atoms with Gasteiger partial charge >= 0.3 is 5.97 Å². The molecule has 0 aliphatic heterocycles. The van der Waals surface area contributed by atoms with Crippen LogP contribution in [0.1, 0.15) is 38.5 Å². The van der Waals surface area contributed by atoms with Crippen molar-refractivity contribution in [1.29, 1.82) is 0 Å². The Morgan fingerprint density at radius 2 is 1.88 bits per heavy atom. The summed E-state index contributed by atoms with van der Waals surface area (Å²) in [6.45, 7) is 3.47. The van der Waals surface area contributed by atoms with Crippen LogP contribution in [0.3, 0.4) is 0 Å². The van der Waals surface area contributed by atoms with Gasteiger partial charge in [-0.05, 0) is 49.4 Å². The normalized spacial score (nSPS) is 45.1. The van der Waals surface area contributed by atoms with Crippen LogP contribution in [-0.4, -0.2) is 12.1 Å². The first-order valence-electron chi connectivity index (χ1n) is 6.62. The zero-order chi connectivity index (χ0) is 11.1. The van der Waals surface area contributed by atoms with Crippen LogP contribution in [-0.2, 0) is 9.53 Å². The lowest BCUT2D eigenvalue weighted by atomic mass is 9.70. The Labute approximate surface area is 97.1 Å². The predicted octanol–water partition coefficient (Wildman–Crippen LogP) is 2.93. The molecule has 88 valence electrons. The first kappa shape index (κ1) is 10.4. The number of esters is 1. The van der Waals surface area contributed by atoms with Crippen molar-refractivity contribution in [2.75, 3.05) is 0 Å². The van der Waals surface area contributed by atoms with Crippen molar-refractivity contribution in [1.82, 2.24) is 0 Å². The van der Waals surface area contributed by atoms with Crippen LogP contribution >= 0.6 is 0 Å². The van der Waals surface area contributed by atoms with Gasteiger partial charge < -0.3 is 4.74 Å². The molecule has 0 aromatic carbocycles. The SMILES string of the molecule is C=CC(=O)OC1CC2CC1C1CCCCC21. The van der Waals surface area contributed by atoms with Crippen LogP contribution in [0.15, 0.2) is 12.7 Å². The van der Waals surface area contributed by atoms with Crippen molar-refractivity contribution in [3.05, 3.63) is 12.7 Å². The molecule has 5 atom stereocenters. The fourth-order valence-electron chi connectivity index (χ4n) is 4.51. The first-order valence-corrected chi connectivity index (χ1v) is 6.62. The summed E-state index contributed by atoms with van der Waals surface area (Å²) >= 11 is 0. The molecule has 2 nitrogen and oxygen atoms in total. The molecule has 3 rings (SSSR count). The van der Waals surface area contributed by atoms with Gasteiger partial charge in [0.15, 0.2) is 0 Å². The molecular formula is C14H20O2. The van der Waals surface area contributed by atoms with Gasteiger partial charge in [0.1, 0.15) is 6.10 Å². The van der Waals surface area contributed by atoms with E-state index in [4.69, 9.17) is 4.74 Å². The fraction of sp³-hybridized carbons (Fsp3) is 0.786. The summed E-state index contributed by atoms with van der Waals surface area (Å²) in [5.41, 5.74) is 0. The van der Waals surface area contributed by atoms with E-state index >= 15 is 0 Å². The van der Waals surface area contributed by atoms with E-state index in [2.05, 4.69) is 6.58 Å². The molecule has 3 fully saturated rings. The minimum absolute atomic E-state index is 0.204. The zero-order valence-electron chi connectivity index (χ0n) is 9.73. The first-order chi connectivity index (χ1) is 7.79. The Hall–Kier alpha value is -0.790. The Morgan fingerprint density at radius 1 is 1.12 bits per heavy atom. The number of hydrogen-bond donors (Lipinski definition) is 0. The maximum absolute atomic E-state index is 11.3. The smallest absolute Gasteiger partial charge is 0.330 e. The van der Waals surface area contributed by atoms with Crippen molar-refractivity contribution >= 4 is 5.97 Å².